The van der Waals surface area contributed by atoms with E-state index in [1.54, 1.807) is 0 Å². The monoisotopic (exact) mass is 157 g/mol. The molecule has 66 valence electrons. The highest BCUT2D eigenvalue weighted by molar-refractivity contribution is 5.36. The van der Waals surface area contributed by atoms with Crippen LogP contribution in [0.2, 0.25) is 0 Å². The van der Waals surface area contributed by atoms with Crippen LogP contribution in [-0.2, 0) is 0 Å². The molecule has 0 saturated heterocycles. The van der Waals surface area contributed by atoms with Crippen molar-refractivity contribution in [2.24, 2.45) is 4.99 Å². The normalized spacial score (nSPS) is 10.5. The largest absolute Gasteiger partial charge is 0.323 e. The lowest BCUT2D eigenvalue weighted by molar-refractivity contribution is 0.657. The molecule has 0 spiro atoms. The first-order valence-corrected chi connectivity index (χ1v) is 3.92. The fourth-order valence-electron chi connectivity index (χ4n) is 0.593. The smallest absolute Gasteiger partial charge is 0.0864 e. The second kappa shape index (κ2) is 12.1. The Morgan fingerprint density at radius 3 is 2.27 bits per heavy atom. The maximum absolute atomic E-state index is 6.49. The van der Waals surface area contributed by atoms with Gasteiger partial charge in [-0.1, -0.05) is 13.3 Å². The van der Waals surface area contributed by atoms with E-state index in [2.05, 4.69) is 17.2 Å². The molecular weight excluding hydrogens is 138 g/mol. The van der Waals surface area contributed by atoms with Gasteiger partial charge in [0.05, 0.1) is 12.1 Å². The third-order valence-corrected chi connectivity index (χ3v) is 0.991. The average Bonchev–Trinajstić information content (AvgIpc) is 1.90. The Labute approximate surface area is 69.4 Å². The first-order chi connectivity index (χ1) is 5.22. The van der Waals surface area contributed by atoms with Crippen LogP contribution >= 0.6 is 0 Å². The third kappa shape index (κ3) is 17.6. The molecule has 0 aromatic carbocycles. The van der Waals surface area contributed by atoms with E-state index in [0.29, 0.717) is 0 Å². The standard InChI is InChI=1S/C6H12N2.C2H7N/c1-3-4-6(2)8-5-7;1-3-2/h6-7H,3-4H2,1-2H3;3H,1-2H3. The number of nitrogens with one attached hydrogen (secondary N) is 2. The SMILES string of the molecule is CCCC(C)N=C=N.CNC. The van der Waals surface area contributed by atoms with Gasteiger partial charge in [0.2, 0.25) is 0 Å². The average molecular weight is 157 g/mol. The number of rotatable bonds is 3. The molecule has 3 nitrogen and oxygen atoms in total. The number of nitrogens with zero attached hydrogens (tertiary/aromatic N) is 1. The van der Waals surface area contributed by atoms with Gasteiger partial charge >= 0.3 is 0 Å². The Balaban J connectivity index is 0. The van der Waals surface area contributed by atoms with Crippen molar-refractivity contribution in [2.75, 3.05) is 14.1 Å². The van der Waals surface area contributed by atoms with E-state index in [1.165, 1.54) is 0 Å². The zero-order valence-corrected chi connectivity index (χ0v) is 7.94. The Bertz CT molecular complexity index is 106. The predicted molar refractivity (Wildman–Crippen MR) is 49.5 cm³/mol. The summed E-state index contributed by atoms with van der Waals surface area (Å²) in [5.41, 5.74) is 0. The second-order valence-corrected chi connectivity index (χ2v) is 2.38. The van der Waals surface area contributed by atoms with Gasteiger partial charge in [-0.25, -0.2) is 10.4 Å². The zero-order chi connectivity index (χ0) is 9.11. The van der Waals surface area contributed by atoms with Crippen molar-refractivity contribution in [1.29, 1.82) is 5.41 Å². The van der Waals surface area contributed by atoms with E-state index in [1.807, 2.05) is 27.0 Å². The van der Waals surface area contributed by atoms with Gasteiger partial charge in [-0.05, 0) is 27.4 Å². The van der Waals surface area contributed by atoms with Crippen LogP contribution in [0.5, 0.6) is 0 Å². The summed E-state index contributed by atoms with van der Waals surface area (Å²) in [5, 5.41) is 9.24. The van der Waals surface area contributed by atoms with Crippen molar-refractivity contribution < 1.29 is 0 Å². The molecule has 0 amide bonds. The van der Waals surface area contributed by atoms with Gasteiger partial charge in [0.1, 0.15) is 0 Å². The number of hydrogen-bond donors (Lipinski definition) is 2. The van der Waals surface area contributed by atoms with Gasteiger partial charge in [0.15, 0.2) is 0 Å². The van der Waals surface area contributed by atoms with Crippen molar-refractivity contribution in [3.8, 4) is 0 Å². The highest BCUT2D eigenvalue weighted by atomic mass is 14.8. The molecule has 0 aliphatic rings. The number of hydrogen-bond acceptors (Lipinski definition) is 3. The van der Waals surface area contributed by atoms with Gasteiger partial charge < -0.3 is 5.32 Å². The van der Waals surface area contributed by atoms with E-state index in [4.69, 9.17) is 5.41 Å². The molecule has 0 radical (unpaired) electrons. The topological polar surface area (TPSA) is 48.2 Å². The minimum absolute atomic E-state index is 0.289. The maximum atomic E-state index is 6.49. The van der Waals surface area contributed by atoms with Gasteiger partial charge in [-0.2, -0.15) is 0 Å². The summed E-state index contributed by atoms with van der Waals surface area (Å²) in [6, 6.07) is 2.32. The van der Waals surface area contributed by atoms with E-state index >= 15 is 0 Å². The molecule has 0 aliphatic carbocycles. The fraction of sp³-hybridized carbons (Fsp3) is 0.875. The summed E-state index contributed by atoms with van der Waals surface area (Å²) in [4.78, 5) is 3.73. The van der Waals surface area contributed by atoms with Crippen LogP contribution < -0.4 is 5.32 Å². The Kier molecular flexibility index (Phi) is 14.2. The Hall–Kier alpha value is -0.660. The lowest BCUT2D eigenvalue weighted by Gasteiger charge is -1.97. The quantitative estimate of drug-likeness (QED) is 0.602. The molecular formula is C8H19N3. The zero-order valence-electron chi connectivity index (χ0n) is 7.94. The van der Waals surface area contributed by atoms with Gasteiger partial charge in [0, 0.05) is 0 Å². The minimum atomic E-state index is 0.289. The number of aliphatic imine (C=N–C) groups is 1. The molecule has 1 atom stereocenters. The Morgan fingerprint density at radius 2 is 2.00 bits per heavy atom. The molecule has 0 saturated carbocycles. The molecule has 0 aromatic rings. The van der Waals surface area contributed by atoms with Crippen LogP contribution in [0.25, 0.3) is 0 Å². The molecule has 0 aromatic heterocycles. The van der Waals surface area contributed by atoms with E-state index in [0.717, 1.165) is 12.8 Å². The molecule has 3 heteroatoms. The van der Waals surface area contributed by atoms with Crippen molar-refractivity contribution in [2.45, 2.75) is 32.7 Å². The predicted octanol–water partition coefficient (Wildman–Crippen LogP) is 1.76. The molecule has 0 aliphatic heterocycles. The van der Waals surface area contributed by atoms with Crippen molar-refractivity contribution >= 4 is 6.01 Å². The summed E-state index contributed by atoms with van der Waals surface area (Å²) in [5.74, 6) is 0. The lowest BCUT2D eigenvalue weighted by Crippen LogP contribution is -1.94. The summed E-state index contributed by atoms with van der Waals surface area (Å²) in [6.45, 7) is 4.10. The molecule has 11 heavy (non-hydrogen) atoms. The van der Waals surface area contributed by atoms with Crippen molar-refractivity contribution in [1.82, 2.24) is 5.32 Å². The minimum Gasteiger partial charge on any atom is -0.323 e. The molecule has 2 N–H and O–H groups in total. The summed E-state index contributed by atoms with van der Waals surface area (Å²) < 4.78 is 0. The molecule has 0 bridgehead atoms. The van der Waals surface area contributed by atoms with E-state index in [-0.39, 0.29) is 6.04 Å². The second-order valence-electron chi connectivity index (χ2n) is 2.38. The fourth-order valence-corrected chi connectivity index (χ4v) is 0.593. The van der Waals surface area contributed by atoms with Crippen molar-refractivity contribution in [3.05, 3.63) is 0 Å². The van der Waals surface area contributed by atoms with Crippen LogP contribution in [0.1, 0.15) is 26.7 Å². The van der Waals surface area contributed by atoms with Crippen LogP contribution in [0.4, 0.5) is 0 Å². The molecule has 1 unspecified atom stereocenters. The van der Waals surface area contributed by atoms with Crippen LogP contribution in [-0.4, -0.2) is 26.1 Å². The summed E-state index contributed by atoms with van der Waals surface area (Å²) in [6.07, 6.45) is 2.19. The molecule has 0 fully saturated rings. The van der Waals surface area contributed by atoms with Gasteiger partial charge in [-0.15, -0.1) is 0 Å². The third-order valence-electron chi connectivity index (χ3n) is 0.991. The van der Waals surface area contributed by atoms with Crippen molar-refractivity contribution in [3.63, 3.8) is 0 Å². The highest BCUT2D eigenvalue weighted by Crippen LogP contribution is 1.97. The first kappa shape index (κ1) is 13.0. The summed E-state index contributed by atoms with van der Waals surface area (Å²) in [7, 11) is 3.75. The van der Waals surface area contributed by atoms with E-state index < -0.39 is 0 Å². The van der Waals surface area contributed by atoms with Gasteiger partial charge in [-0.3, -0.25) is 0 Å². The maximum Gasteiger partial charge on any atom is 0.0864 e. The van der Waals surface area contributed by atoms with Gasteiger partial charge in [0.25, 0.3) is 0 Å². The first-order valence-electron chi connectivity index (χ1n) is 3.92. The Morgan fingerprint density at radius 1 is 1.55 bits per heavy atom. The molecule has 0 rings (SSSR count). The lowest BCUT2D eigenvalue weighted by atomic mass is 10.2. The van der Waals surface area contributed by atoms with Crippen LogP contribution in [0.15, 0.2) is 4.99 Å². The van der Waals surface area contributed by atoms with E-state index in [9.17, 15) is 0 Å². The van der Waals surface area contributed by atoms with Crippen LogP contribution in [0.3, 0.4) is 0 Å². The summed E-state index contributed by atoms with van der Waals surface area (Å²) >= 11 is 0. The molecule has 0 heterocycles. The highest BCUT2D eigenvalue weighted by Gasteiger charge is 1.92. The van der Waals surface area contributed by atoms with Crippen LogP contribution in [0, 0.1) is 5.41 Å².